The van der Waals surface area contributed by atoms with E-state index in [1.165, 1.54) is 0 Å². The van der Waals surface area contributed by atoms with Gasteiger partial charge in [0, 0.05) is 24.5 Å². The van der Waals surface area contributed by atoms with Crippen molar-refractivity contribution in [2.75, 3.05) is 14.2 Å². The lowest BCUT2D eigenvalue weighted by Gasteiger charge is -2.15. The Kier molecular flexibility index (Phi) is 3.27. The molecule has 2 rings (SSSR count). The van der Waals surface area contributed by atoms with Gasteiger partial charge in [0.25, 0.3) is 0 Å². The van der Waals surface area contributed by atoms with E-state index in [-0.39, 0.29) is 5.91 Å². The molecule has 90 valence electrons. The Balaban J connectivity index is 2.35. The molecule has 1 heterocycles. The van der Waals surface area contributed by atoms with E-state index in [0.717, 1.165) is 17.0 Å². The van der Waals surface area contributed by atoms with Crippen LogP contribution in [0.15, 0.2) is 23.3 Å². The highest BCUT2D eigenvalue weighted by Crippen LogP contribution is 2.26. The molecule has 0 saturated carbocycles. The SMILES string of the molecule is COc1ccc(C2=NNC(=O)CC2)c(OC)c1. The topological polar surface area (TPSA) is 59.9 Å². The van der Waals surface area contributed by atoms with Crippen LogP contribution in [0.5, 0.6) is 11.5 Å². The normalized spacial score (nSPS) is 14.9. The third-order valence-electron chi connectivity index (χ3n) is 2.62. The van der Waals surface area contributed by atoms with Gasteiger partial charge in [0.15, 0.2) is 0 Å². The highest BCUT2D eigenvalue weighted by atomic mass is 16.5. The molecule has 1 N–H and O–H groups in total. The standard InChI is InChI=1S/C12H14N2O3/c1-16-8-3-4-9(11(7-8)17-2)10-5-6-12(15)14-13-10/h3-4,7H,5-6H2,1-2H3,(H,14,15). The van der Waals surface area contributed by atoms with Gasteiger partial charge in [0.05, 0.1) is 19.9 Å². The smallest absolute Gasteiger partial charge is 0.240 e. The summed E-state index contributed by atoms with van der Waals surface area (Å²) in [6.45, 7) is 0. The van der Waals surface area contributed by atoms with Gasteiger partial charge in [0.1, 0.15) is 11.5 Å². The Morgan fingerprint density at radius 2 is 2.06 bits per heavy atom. The lowest BCUT2D eigenvalue weighted by molar-refractivity contribution is -0.121. The van der Waals surface area contributed by atoms with Crippen LogP contribution < -0.4 is 14.9 Å². The highest BCUT2D eigenvalue weighted by molar-refractivity contribution is 6.06. The van der Waals surface area contributed by atoms with Gasteiger partial charge in [-0.1, -0.05) is 0 Å². The summed E-state index contributed by atoms with van der Waals surface area (Å²) >= 11 is 0. The number of ether oxygens (including phenoxy) is 2. The van der Waals surface area contributed by atoms with Gasteiger partial charge in [-0.3, -0.25) is 4.79 Å². The van der Waals surface area contributed by atoms with Crippen LogP contribution in [0.1, 0.15) is 18.4 Å². The van der Waals surface area contributed by atoms with Gasteiger partial charge >= 0.3 is 0 Å². The molecule has 0 bridgehead atoms. The summed E-state index contributed by atoms with van der Waals surface area (Å²) in [5, 5.41) is 4.04. The Morgan fingerprint density at radius 1 is 1.24 bits per heavy atom. The van der Waals surface area contributed by atoms with E-state index in [2.05, 4.69) is 10.5 Å². The molecule has 0 unspecified atom stereocenters. The third-order valence-corrected chi connectivity index (χ3v) is 2.62. The number of rotatable bonds is 3. The molecule has 0 radical (unpaired) electrons. The number of nitrogens with zero attached hydrogens (tertiary/aromatic N) is 1. The Labute approximate surface area is 99.4 Å². The number of benzene rings is 1. The van der Waals surface area contributed by atoms with Crippen LogP contribution in [0.2, 0.25) is 0 Å². The molecule has 1 aliphatic heterocycles. The molecular weight excluding hydrogens is 220 g/mol. The molecule has 0 aliphatic carbocycles. The maximum Gasteiger partial charge on any atom is 0.240 e. The molecule has 17 heavy (non-hydrogen) atoms. The summed E-state index contributed by atoms with van der Waals surface area (Å²) in [5.41, 5.74) is 4.18. The van der Waals surface area contributed by atoms with Crippen molar-refractivity contribution in [3.05, 3.63) is 23.8 Å². The minimum absolute atomic E-state index is 0.0544. The summed E-state index contributed by atoms with van der Waals surface area (Å²) in [7, 11) is 3.20. The van der Waals surface area contributed by atoms with E-state index in [0.29, 0.717) is 18.6 Å². The Morgan fingerprint density at radius 3 is 2.65 bits per heavy atom. The number of hydrazone groups is 1. The van der Waals surface area contributed by atoms with Crippen molar-refractivity contribution in [1.82, 2.24) is 5.43 Å². The molecule has 1 amide bonds. The fourth-order valence-electron chi connectivity index (χ4n) is 1.71. The van der Waals surface area contributed by atoms with Crippen LogP contribution in [-0.4, -0.2) is 25.8 Å². The first kappa shape index (κ1) is 11.4. The number of carbonyl (C=O) groups is 1. The number of methoxy groups -OCH3 is 2. The molecule has 5 heteroatoms. The molecule has 0 aromatic heterocycles. The van der Waals surface area contributed by atoms with Crippen molar-refractivity contribution in [3.8, 4) is 11.5 Å². The van der Waals surface area contributed by atoms with Gasteiger partial charge < -0.3 is 9.47 Å². The van der Waals surface area contributed by atoms with Crippen molar-refractivity contribution in [2.45, 2.75) is 12.8 Å². The fraction of sp³-hybridized carbons (Fsp3) is 0.333. The van der Waals surface area contributed by atoms with Crippen LogP contribution in [0, 0.1) is 0 Å². The maximum absolute atomic E-state index is 11.0. The second-order valence-corrected chi connectivity index (χ2v) is 3.66. The minimum Gasteiger partial charge on any atom is -0.497 e. The first-order chi connectivity index (χ1) is 8.24. The zero-order valence-corrected chi connectivity index (χ0v) is 9.82. The van der Waals surface area contributed by atoms with Crippen LogP contribution >= 0.6 is 0 Å². The second kappa shape index (κ2) is 4.86. The van der Waals surface area contributed by atoms with Crippen molar-refractivity contribution in [2.24, 2.45) is 5.10 Å². The third kappa shape index (κ3) is 2.38. The summed E-state index contributed by atoms with van der Waals surface area (Å²) in [6.07, 6.45) is 1.07. The van der Waals surface area contributed by atoms with E-state index < -0.39 is 0 Å². The van der Waals surface area contributed by atoms with E-state index in [9.17, 15) is 4.79 Å². The number of nitrogens with one attached hydrogen (secondary N) is 1. The second-order valence-electron chi connectivity index (χ2n) is 3.66. The van der Waals surface area contributed by atoms with E-state index in [1.807, 2.05) is 12.1 Å². The zero-order valence-electron chi connectivity index (χ0n) is 9.82. The van der Waals surface area contributed by atoms with Crippen LogP contribution in [0.25, 0.3) is 0 Å². The Hall–Kier alpha value is -2.04. The monoisotopic (exact) mass is 234 g/mol. The zero-order chi connectivity index (χ0) is 12.3. The van der Waals surface area contributed by atoms with Crippen molar-refractivity contribution in [3.63, 3.8) is 0 Å². The molecule has 1 aromatic rings. The summed E-state index contributed by atoms with van der Waals surface area (Å²) in [5.74, 6) is 1.37. The summed E-state index contributed by atoms with van der Waals surface area (Å²) < 4.78 is 10.4. The molecular formula is C12H14N2O3. The van der Waals surface area contributed by atoms with E-state index in [4.69, 9.17) is 9.47 Å². The Bertz CT molecular complexity index is 469. The minimum atomic E-state index is -0.0544. The molecule has 0 fully saturated rings. The maximum atomic E-state index is 11.0. The molecule has 0 atom stereocenters. The fourth-order valence-corrected chi connectivity index (χ4v) is 1.71. The van der Waals surface area contributed by atoms with Gasteiger partial charge in [-0.05, 0) is 12.1 Å². The van der Waals surface area contributed by atoms with Gasteiger partial charge in [0.2, 0.25) is 5.91 Å². The predicted molar refractivity (Wildman–Crippen MR) is 63.5 cm³/mol. The summed E-state index contributed by atoms with van der Waals surface area (Å²) in [6, 6.07) is 5.53. The van der Waals surface area contributed by atoms with Gasteiger partial charge in [-0.25, -0.2) is 5.43 Å². The van der Waals surface area contributed by atoms with Crippen molar-refractivity contribution < 1.29 is 14.3 Å². The average Bonchev–Trinajstić information content (AvgIpc) is 2.39. The van der Waals surface area contributed by atoms with Crippen molar-refractivity contribution in [1.29, 1.82) is 0 Å². The van der Waals surface area contributed by atoms with Crippen LogP contribution in [0.4, 0.5) is 0 Å². The number of hydrogen-bond acceptors (Lipinski definition) is 4. The lowest BCUT2D eigenvalue weighted by atomic mass is 10.0. The number of hydrogen-bond donors (Lipinski definition) is 1. The van der Waals surface area contributed by atoms with Gasteiger partial charge in [-0.15, -0.1) is 0 Å². The lowest BCUT2D eigenvalue weighted by Crippen LogP contribution is -2.26. The highest BCUT2D eigenvalue weighted by Gasteiger charge is 2.17. The molecule has 1 aliphatic rings. The van der Waals surface area contributed by atoms with Crippen LogP contribution in [-0.2, 0) is 4.79 Å². The average molecular weight is 234 g/mol. The first-order valence-corrected chi connectivity index (χ1v) is 5.32. The number of amides is 1. The number of carbonyl (C=O) groups excluding carboxylic acids is 1. The van der Waals surface area contributed by atoms with Crippen LogP contribution in [0.3, 0.4) is 0 Å². The molecule has 1 aromatic carbocycles. The van der Waals surface area contributed by atoms with Gasteiger partial charge in [-0.2, -0.15) is 5.10 Å². The summed E-state index contributed by atoms with van der Waals surface area (Å²) in [4.78, 5) is 11.0. The molecule has 0 spiro atoms. The largest absolute Gasteiger partial charge is 0.497 e. The van der Waals surface area contributed by atoms with E-state index >= 15 is 0 Å². The molecule has 5 nitrogen and oxygen atoms in total. The quantitative estimate of drug-likeness (QED) is 0.858. The predicted octanol–water partition coefficient (Wildman–Crippen LogP) is 1.32. The first-order valence-electron chi connectivity index (χ1n) is 5.32. The van der Waals surface area contributed by atoms with E-state index in [1.54, 1.807) is 20.3 Å². The van der Waals surface area contributed by atoms with Crippen molar-refractivity contribution >= 4 is 11.6 Å². The molecule has 0 saturated heterocycles.